The molecule has 0 fully saturated rings. The van der Waals surface area contributed by atoms with E-state index in [4.69, 9.17) is 9.47 Å². The van der Waals surface area contributed by atoms with Crippen LogP contribution in [0.15, 0.2) is 36.5 Å². The summed E-state index contributed by atoms with van der Waals surface area (Å²) in [5.41, 5.74) is 0.0464. The van der Waals surface area contributed by atoms with Crippen LogP contribution in [0.25, 0.3) is 0 Å². The molecule has 2 amide bonds. The molecule has 21 heavy (non-hydrogen) atoms. The number of methoxy groups -OCH3 is 1. The first-order chi connectivity index (χ1) is 9.90. The molecule has 5 nitrogen and oxygen atoms in total. The third-order valence-electron chi connectivity index (χ3n) is 2.51. The number of urea groups is 1. The van der Waals surface area contributed by atoms with Gasteiger partial charge in [0.1, 0.15) is 18.1 Å². The van der Waals surface area contributed by atoms with Gasteiger partial charge in [0, 0.05) is 6.20 Å². The van der Waals surface area contributed by atoms with Gasteiger partial charge in [-0.1, -0.05) is 26.8 Å². The average molecular weight is 292 g/mol. The first kappa shape index (κ1) is 16.9. The summed E-state index contributed by atoms with van der Waals surface area (Å²) in [6.45, 7) is 7.02. The van der Waals surface area contributed by atoms with E-state index < -0.39 is 0 Å². The fraction of sp³-hybridized carbons (Fsp3) is 0.438. The molecule has 0 saturated carbocycles. The number of nitrogens with one attached hydrogen (secondary N) is 2. The number of hydrogen-bond acceptors (Lipinski definition) is 3. The third kappa shape index (κ3) is 7.87. The number of hydrogen-bond donors (Lipinski definition) is 2. The lowest BCUT2D eigenvalue weighted by Gasteiger charge is -2.11. The van der Waals surface area contributed by atoms with Gasteiger partial charge in [-0.25, -0.2) is 4.79 Å². The van der Waals surface area contributed by atoms with E-state index in [1.807, 2.05) is 30.3 Å². The van der Waals surface area contributed by atoms with Gasteiger partial charge in [-0.05, 0) is 29.7 Å². The molecule has 2 N–H and O–H groups in total. The molecule has 1 aromatic carbocycles. The van der Waals surface area contributed by atoms with Crippen LogP contribution in [0.2, 0.25) is 0 Å². The molecular formula is C16H24N2O3. The summed E-state index contributed by atoms with van der Waals surface area (Å²) in [6.07, 6.45) is 3.58. The minimum absolute atomic E-state index is 0.0464. The fourth-order valence-electron chi connectivity index (χ4n) is 1.42. The van der Waals surface area contributed by atoms with Gasteiger partial charge in [0.15, 0.2) is 0 Å². The Morgan fingerprint density at radius 3 is 2.38 bits per heavy atom. The van der Waals surface area contributed by atoms with E-state index in [-0.39, 0.29) is 11.4 Å². The van der Waals surface area contributed by atoms with Crippen molar-refractivity contribution in [1.29, 1.82) is 0 Å². The molecule has 0 aliphatic rings. The highest BCUT2D eigenvalue weighted by atomic mass is 16.5. The maximum atomic E-state index is 11.5. The summed E-state index contributed by atoms with van der Waals surface area (Å²) in [5.74, 6) is 1.52. The first-order valence-electron chi connectivity index (χ1n) is 6.89. The monoisotopic (exact) mass is 292 g/mol. The molecule has 0 atom stereocenters. The van der Waals surface area contributed by atoms with Crippen molar-refractivity contribution in [3.05, 3.63) is 36.5 Å². The minimum Gasteiger partial charge on any atom is -0.497 e. The number of carbonyl (C=O) groups is 1. The van der Waals surface area contributed by atoms with E-state index in [0.29, 0.717) is 13.2 Å². The quantitative estimate of drug-likeness (QED) is 0.793. The van der Waals surface area contributed by atoms with Gasteiger partial charge in [-0.3, -0.25) is 0 Å². The van der Waals surface area contributed by atoms with E-state index in [0.717, 1.165) is 11.5 Å². The number of benzene rings is 1. The van der Waals surface area contributed by atoms with Gasteiger partial charge < -0.3 is 20.1 Å². The molecule has 0 unspecified atom stereocenters. The number of allylic oxidation sites excluding steroid dienone is 1. The minimum atomic E-state index is -0.242. The van der Waals surface area contributed by atoms with Gasteiger partial charge in [-0.15, -0.1) is 0 Å². The largest absolute Gasteiger partial charge is 0.497 e. The van der Waals surface area contributed by atoms with Crippen molar-refractivity contribution in [2.75, 3.05) is 20.3 Å². The van der Waals surface area contributed by atoms with Gasteiger partial charge in [0.25, 0.3) is 0 Å². The van der Waals surface area contributed by atoms with E-state index in [1.54, 1.807) is 13.3 Å². The Balaban J connectivity index is 2.18. The van der Waals surface area contributed by atoms with Crippen LogP contribution in [0.5, 0.6) is 11.5 Å². The van der Waals surface area contributed by atoms with Crippen LogP contribution in [0.1, 0.15) is 20.8 Å². The molecule has 1 aromatic rings. The molecule has 0 bridgehead atoms. The van der Waals surface area contributed by atoms with Crippen molar-refractivity contribution in [2.45, 2.75) is 20.8 Å². The van der Waals surface area contributed by atoms with E-state index in [2.05, 4.69) is 31.4 Å². The Morgan fingerprint density at radius 2 is 1.81 bits per heavy atom. The summed E-state index contributed by atoms with van der Waals surface area (Å²) in [6, 6.07) is 7.06. The second-order valence-corrected chi connectivity index (χ2v) is 5.62. The summed E-state index contributed by atoms with van der Waals surface area (Å²) in [5, 5.41) is 5.36. The molecule has 0 saturated heterocycles. The first-order valence-corrected chi connectivity index (χ1v) is 6.89. The molecule has 0 aliphatic heterocycles. The van der Waals surface area contributed by atoms with Crippen LogP contribution in [0, 0.1) is 5.41 Å². The van der Waals surface area contributed by atoms with E-state index in [9.17, 15) is 4.79 Å². The smallest absolute Gasteiger partial charge is 0.318 e. The Labute approximate surface area is 126 Å². The number of ether oxygens (including phenoxy) is 2. The molecular weight excluding hydrogens is 268 g/mol. The van der Waals surface area contributed by atoms with Gasteiger partial charge in [0.05, 0.1) is 13.7 Å². The van der Waals surface area contributed by atoms with Crippen LogP contribution >= 0.6 is 0 Å². The lowest BCUT2D eigenvalue weighted by atomic mass is 9.97. The van der Waals surface area contributed by atoms with Crippen LogP contribution in [0.4, 0.5) is 4.79 Å². The standard InChI is InChI=1S/C16H24N2O3/c1-16(2,3)9-10-17-15(19)18-11-12-21-14-7-5-13(20-4)6-8-14/h5-10H,11-12H2,1-4H3,(H2,17,18,19)/b10-9+. The second kappa shape index (κ2) is 8.19. The molecule has 0 aliphatic carbocycles. The van der Waals surface area contributed by atoms with E-state index in [1.165, 1.54) is 0 Å². The van der Waals surface area contributed by atoms with Crippen molar-refractivity contribution in [2.24, 2.45) is 5.41 Å². The fourth-order valence-corrected chi connectivity index (χ4v) is 1.42. The average Bonchev–Trinajstić information content (AvgIpc) is 2.43. The summed E-state index contributed by atoms with van der Waals surface area (Å²) in [7, 11) is 1.62. The topological polar surface area (TPSA) is 59.6 Å². The second-order valence-electron chi connectivity index (χ2n) is 5.62. The normalized spacial score (nSPS) is 11.2. The zero-order valence-corrected chi connectivity index (χ0v) is 13.1. The van der Waals surface area contributed by atoms with Crippen LogP contribution in [0.3, 0.4) is 0 Å². The highest BCUT2D eigenvalue weighted by molar-refractivity contribution is 5.74. The summed E-state index contributed by atoms with van der Waals surface area (Å²) >= 11 is 0. The maximum Gasteiger partial charge on any atom is 0.318 e. The van der Waals surface area contributed by atoms with Crippen molar-refractivity contribution in [1.82, 2.24) is 10.6 Å². The Hall–Kier alpha value is -2.17. The predicted octanol–water partition coefficient (Wildman–Crippen LogP) is 2.93. The Morgan fingerprint density at radius 1 is 1.19 bits per heavy atom. The molecule has 0 radical (unpaired) electrons. The van der Waals surface area contributed by atoms with Crippen LogP contribution < -0.4 is 20.1 Å². The highest BCUT2D eigenvalue weighted by Gasteiger charge is 2.04. The van der Waals surface area contributed by atoms with Gasteiger partial charge in [-0.2, -0.15) is 0 Å². The Bertz CT molecular complexity index is 461. The van der Waals surface area contributed by atoms with Crippen molar-refractivity contribution >= 4 is 6.03 Å². The predicted molar refractivity (Wildman–Crippen MR) is 83.6 cm³/mol. The molecule has 5 heteroatoms. The molecule has 0 aromatic heterocycles. The number of carbonyl (C=O) groups excluding carboxylic acids is 1. The summed E-state index contributed by atoms with van der Waals surface area (Å²) < 4.78 is 10.6. The molecule has 0 heterocycles. The maximum absolute atomic E-state index is 11.5. The SMILES string of the molecule is COc1ccc(OCCNC(=O)N/C=C/C(C)(C)C)cc1. The van der Waals surface area contributed by atoms with Crippen molar-refractivity contribution in [3.63, 3.8) is 0 Å². The molecule has 116 valence electrons. The number of amides is 2. The van der Waals surface area contributed by atoms with Crippen LogP contribution in [-0.2, 0) is 0 Å². The summed E-state index contributed by atoms with van der Waals surface area (Å²) in [4.78, 5) is 11.5. The van der Waals surface area contributed by atoms with Crippen molar-refractivity contribution < 1.29 is 14.3 Å². The van der Waals surface area contributed by atoms with Gasteiger partial charge >= 0.3 is 6.03 Å². The zero-order chi connectivity index (χ0) is 15.7. The van der Waals surface area contributed by atoms with Gasteiger partial charge in [0.2, 0.25) is 0 Å². The highest BCUT2D eigenvalue weighted by Crippen LogP contribution is 2.16. The molecule has 0 spiro atoms. The van der Waals surface area contributed by atoms with Crippen molar-refractivity contribution in [3.8, 4) is 11.5 Å². The third-order valence-corrected chi connectivity index (χ3v) is 2.51. The van der Waals surface area contributed by atoms with E-state index >= 15 is 0 Å². The van der Waals surface area contributed by atoms with Crippen LogP contribution in [-0.4, -0.2) is 26.3 Å². The Kier molecular flexibility index (Phi) is 6.59. The molecule has 1 rings (SSSR count). The lowest BCUT2D eigenvalue weighted by molar-refractivity contribution is 0.239. The lowest BCUT2D eigenvalue weighted by Crippen LogP contribution is -2.35. The number of rotatable bonds is 6. The zero-order valence-electron chi connectivity index (χ0n) is 13.1.